The molecule has 0 spiro atoms. The average Bonchev–Trinajstić information content (AvgIpc) is 2.34. The summed E-state index contributed by atoms with van der Waals surface area (Å²) in [7, 11) is 2.07. The minimum atomic E-state index is -0.187. The van der Waals surface area contributed by atoms with Gasteiger partial charge in [-0.2, -0.15) is 0 Å². The van der Waals surface area contributed by atoms with Crippen LogP contribution in [0.25, 0.3) is 0 Å². The summed E-state index contributed by atoms with van der Waals surface area (Å²) in [6, 6.07) is 3.99. The maximum Gasteiger partial charge on any atom is 0.340 e. The molecule has 0 aromatic heterocycles. The fraction of sp³-hybridized carbons (Fsp3) is 0.462. The van der Waals surface area contributed by atoms with Crippen LogP contribution in [0.4, 0.5) is 0 Å². The molecule has 2 rings (SSSR count). The topological polar surface area (TPSA) is 29.5 Å². The monoisotopic (exact) mass is 597 g/mol. The molecule has 0 aliphatic carbocycles. The number of carbonyl (C=O) groups is 1. The lowest BCUT2D eigenvalue weighted by molar-refractivity contribution is 0.0106. The SMILES string of the molecule is CN1CCCC(OC(=O)c2c(I)ccc(I)c2I)C1. The largest absolute Gasteiger partial charge is 0.457 e. The van der Waals surface area contributed by atoms with Crippen LogP contribution in [0.3, 0.4) is 0 Å². The second-order valence-electron chi connectivity index (χ2n) is 4.65. The van der Waals surface area contributed by atoms with Crippen LogP contribution < -0.4 is 0 Å². The van der Waals surface area contributed by atoms with Crippen LogP contribution in [0.1, 0.15) is 23.2 Å². The minimum Gasteiger partial charge on any atom is -0.457 e. The van der Waals surface area contributed by atoms with Crippen LogP contribution in [0, 0.1) is 10.7 Å². The van der Waals surface area contributed by atoms with E-state index in [2.05, 4.69) is 79.7 Å². The number of benzene rings is 1. The van der Waals surface area contributed by atoms with Gasteiger partial charge >= 0.3 is 5.97 Å². The van der Waals surface area contributed by atoms with Gasteiger partial charge in [-0.3, -0.25) is 0 Å². The highest BCUT2D eigenvalue weighted by Crippen LogP contribution is 2.26. The Morgan fingerprint density at radius 1 is 1.32 bits per heavy atom. The smallest absolute Gasteiger partial charge is 0.340 e. The van der Waals surface area contributed by atoms with Crippen LogP contribution in [0.5, 0.6) is 0 Å². The highest BCUT2D eigenvalue weighted by atomic mass is 127. The summed E-state index contributed by atoms with van der Waals surface area (Å²) in [6.07, 6.45) is 2.08. The Bertz CT molecular complexity index is 493. The first-order valence-corrected chi connectivity index (χ1v) is 9.25. The molecular weight excluding hydrogens is 583 g/mol. The summed E-state index contributed by atoms with van der Waals surface area (Å²) in [5, 5.41) is 0. The molecule has 0 bridgehead atoms. The number of nitrogens with zero attached hydrogens (tertiary/aromatic N) is 1. The number of hydrogen-bond donors (Lipinski definition) is 0. The third-order valence-electron chi connectivity index (χ3n) is 3.10. The molecule has 1 unspecified atom stereocenters. The lowest BCUT2D eigenvalue weighted by Gasteiger charge is -2.29. The second kappa shape index (κ2) is 7.21. The fourth-order valence-corrected chi connectivity index (χ4v) is 4.47. The Hall–Kier alpha value is 0.840. The van der Waals surface area contributed by atoms with Crippen molar-refractivity contribution in [1.82, 2.24) is 4.90 Å². The Morgan fingerprint density at radius 3 is 2.68 bits per heavy atom. The van der Waals surface area contributed by atoms with E-state index in [9.17, 15) is 4.79 Å². The van der Waals surface area contributed by atoms with Crippen molar-refractivity contribution in [3.8, 4) is 0 Å². The zero-order chi connectivity index (χ0) is 14.0. The summed E-state index contributed by atoms with van der Waals surface area (Å²) in [5.41, 5.74) is 0.710. The van der Waals surface area contributed by atoms with Crippen molar-refractivity contribution in [1.29, 1.82) is 0 Å². The average molecular weight is 597 g/mol. The molecule has 6 heteroatoms. The number of esters is 1. The van der Waals surface area contributed by atoms with Crippen molar-refractivity contribution in [2.75, 3.05) is 20.1 Å². The number of piperidine rings is 1. The Labute approximate surface area is 154 Å². The van der Waals surface area contributed by atoms with Gasteiger partial charge in [0, 0.05) is 17.3 Å². The van der Waals surface area contributed by atoms with Crippen molar-refractivity contribution in [3.05, 3.63) is 28.4 Å². The molecule has 1 aliphatic heterocycles. The van der Waals surface area contributed by atoms with Crippen LogP contribution in [0.2, 0.25) is 0 Å². The fourth-order valence-electron chi connectivity index (χ4n) is 2.14. The van der Waals surface area contributed by atoms with Gasteiger partial charge in [-0.25, -0.2) is 4.79 Å². The van der Waals surface area contributed by atoms with Gasteiger partial charge < -0.3 is 9.64 Å². The number of halogens is 3. The van der Waals surface area contributed by atoms with E-state index in [1.165, 1.54) is 0 Å². The van der Waals surface area contributed by atoms with E-state index < -0.39 is 0 Å². The summed E-state index contributed by atoms with van der Waals surface area (Å²) in [5.74, 6) is -0.187. The minimum absolute atomic E-state index is 0.0238. The molecule has 19 heavy (non-hydrogen) atoms. The van der Waals surface area contributed by atoms with Crippen molar-refractivity contribution in [2.45, 2.75) is 18.9 Å². The molecule has 1 saturated heterocycles. The molecule has 1 fully saturated rings. The van der Waals surface area contributed by atoms with E-state index >= 15 is 0 Å². The number of carbonyl (C=O) groups excluding carboxylic acids is 1. The lowest BCUT2D eigenvalue weighted by Crippen LogP contribution is -2.38. The number of likely N-dealkylation sites (tertiary alicyclic amines) is 1. The standard InChI is InChI=1S/C13H14I3NO2/c1-17-6-2-3-8(7-17)19-13(18)11-9(14)4-5-10(15)12(11)16/h4-5,8H,2-3,6-7H2,1H3. The lowest BCUT2D eigenvalue weighted by atomic mass is 10.1. The van der Waals surface area contributed by atoms with Crippen molar-refractivity contribution in [2.24, 2.45) is 0 Å². The summed E-state index contributed by atoms with van der Waals surface area (Å²) in [6.45, 7) is 1.93. The van der Waals surface area contributed by atoms with E-state index in [0.29, 0.717) is 5.56 Å². The molecule has 1 aromatic rings. The third-order valence-corrected chi connectivity index (χ3v) is 7.05. The summed E-state index contributed by atoms with van der Waals surface area (Å²) in [4.78, 5) is 14.6. The van der Waals surface area contributed by atoms with E-state index in [1.807, 2.05) is 12.1 Å². The summed E-state index contributed by atoms with van der Waals surface area (Å²) < 4.78 is 8.70. The second-order valence-corrected chi connectivity index (χ2v) is 8.05. The van der Waals surface area contributed by atoms with E-state index in [1.54, 1.807) is 0 Å². The molecule has 104 valence electrons. The number of rotatable bonds is 2. The van der Waals surface area contributed by atoms with Gasteiger partial charge in [-0.05, 0) is 106 Å². The van der Waals surface area contributed by atoms with Crippen molar-refractivity contribution >= 4 is 73.7 Å². The van der Waals surface area contributed by atoms with Gasteiger partial charge in [-0.1, -0.05) is 0 Å². The van der Waals surface area contributed by atoms with Gasteiger partial charge in [0.15, 0.2) is 0 Å². The van der Waals surface area contributed by atoms with Gasteiger partial charge in [0.05, 0.1) is 5.56 Å². The van der Waals surface area contributed by atoms with Crippen LogP contribution in [-0.2, 0) is 4.74 Å². The zero-order valence-corrected chi connectivity index (χ0v) is 16.9. The molecule has 0 saturated carbocycles. The number of ether oxygens (including phenoxy) is 1. The molecule has 0 radical (unpaired) electrons. The van der Waals surface area contributed by atoms with Crippen molar-refractivity contribution < 1.29 is 9.53 Å². The maximum absolute atomic E-state index is 12.4. The highest BCUT2D eigenvalue weighted by molar-refractivity contribution is 14.1. The quantitative estimate of drug-likeness (QED) is 0.296. The van der Waals surface area contributed by atoms with E-state index in [-0.39, 0.29) is 12.1 Å². The number of hydrogen-bond acceptors (Lipinski definition) is 3. The normalized spacial score (nSPS) is 20.3. The van der Waals surface area contributed by atoms with Gasteiger partial charge in [0.2, 0.25) is 0 Å². The van der Waals surface area contributed by atoms with Gasteiger partial charge in [0.1, 0.15) is 6.10 Å². The van der Waals surface area contributed by atoms with E-state index in [4.69, 9.17) is 4.74 Å². The highest BCUT2D eigenvalue weighted by Gasteiger charge is 2.24. The van der Waals surface area contributed by atoms with Gasteiger partial charge in [-0.15, -0.1) is 0 Å². The van der Waals surface area contributed by atoms with Crippen molar-refractivity contribution in [3.63, 3.8) is 0 Å². The first kappa shape index (κ1) is 16.2. The predicted octanol–water partition coefficient (Wildman–Crippen LogP) is 3.75. The van der Waals surface area contributed by atoms with Crippen LogP contribution in [-0.4, -0.2) is 37.1 Å². The predicted molar refractivity (Wildman–Crippen MR) is 101 cm³/mol. The molecule has 1 aliphatic rings. The molecular formula is C13H14I3NO2. The maximum atomic E-state index is 12.4. The molecule has 3 nitrogen and oxygen atoms in total. The van der Waals surface area contributed by atoms with E-state index in [0.717, 1.165) is 36.6 Å². The summed E-state index contributed by atoms with van der Waals surface area (Å²) >= 11 is 6.66. The molecule has 0 amide bonds. The van der Waals surface area contributed by atoms with Gasteiger partial charge in [0.25, 0.3) is 0 Å². The first-order valence-electron chi connectivity index (χ1n) is 6.02. The zero-order valence-electron chi connectivity index (χ0n) is 10.5. The first-order chi connectivity index (χ1) is 8.99. The molecule has 1 heterocycles. The Balaban J connectivity index is 2.14. The van der Waals surface area contributed by atoms with Crippen LogP contribution in [0.15, 0.2) is 12.1 Å². The molecule has 1 aromatic carbocycles. The molecule has 1 atom stereocenters. The number of likely N-dealkylation sites (N-methyl/N-ethyl adjacent to an activating group) is 1. The van der Waals surface area contributed by atoms with Crippen LogP contribution >= 0.6 is 67.8 Å². The Kier molecular flexibility index (Phi) is 6.15. The Morgan fingerprint density at radius 2 is 2.00 bits per heavy atom. The third kappa shape index (κ3) is 4.16. The molecule has 0 N–H and O–H groups in total.